The molecule has 1 atom stereocenters. The third-order valence-electron chi connectivity index (χ3n) is 4.30. The molecule has 0 fully saturated rings. The normalized spacial score (nSPS) is 11.7. The molecule has 1 unspecified atom stereocenters. The van der Waals surface area contributed by atoms with Crippen LogP contribution < -0.4 is 10.2 Å². The van der Waals surface area contributed by atoms with E-state index in [4.69, 9.17) is 6.42 Å². The number of anilines is 1. The SMILES string of the molecule is C#CCNC(=O)C(C)Sc1nnc(-c2ccc(N(CC)CC)cc2)n1CC. The molecule has 0 aliphatic carbocycles. The van der Waals surface area contributed by atoms with Crippen LogP contribution >= 0.6 is 11.8 Å². The quantitative estimate of drug-likeness (QED) is 0.531. The molecule has 1 aromatic carbocycles. The summed E-state index contributed by atoms with van der Waals surface area (Å²) in [5.41, 5.74) is 2.20. The van der Waals surface area contributed by atoms with Crippen molar-refractivity contribution in [2.45, 2.75) is 44.6 Å². The summed E-state index contributed by atoms with van der Waals surface area (Å²) >= 11 is 1.38. The maximum absolute atomic E-state index is 12.1. The molecule has 144 valence electrons. The second-order valence-corrected chi connectivity index (χ2v) is 7.26. The number of hydrogen-bond acceptors (Lipinski definition) is 5. The molecule has 0 radical (unpaired) electrons. The van der Waals surface area contributed by atoms with Crippen molar-refractivity contribution < 1.29 is 4.79 Å². The maximum Gasteiger partial charge on any atom is 0.234 e. The smallest absolute Gasteiger partial charge is 0.234 e. The first-order valence-corrected chi connectivity index (χ1v) is 10.1. The van der Waals surface area contributed by atoms with Crippen LogP contribution in [0.25, 0.3) is 11.4 Å². The Bertz CT molecular complexity index is 790. The molecule has 7 heteroatoms. The number of carbonyl (C=O) groups is 1. The van der Waals surface area contributed by atoms with Gasteiger partial charge in [0.15, 0.2) is 11.0 Å². The molecule has 2 aromatic rings. The molecule has 0 bridgehead atoms. The standard InChI is InChI=1S/C20H27N5OS/c1-6-14-21-19(26)15(5)27-20-23-22-18(25(20)9-4)16-10-12-17(13-11-16)24(7-2)8-3/h1,10-13,15H,7-9,14H2,2-5H3,(H,21,26). The van der Waals surface area contributed by atoms with Crippen LogP contribution in [0.5, 0.6) is 0 Å². The van der Waals surface area contributed by atoms with Crippen molar-refractivity contribution >= 4 is 23.4 Å². The van der Waals surface area contributed by atoms with Gasteiger partial charge in [0.2, 0.25) is 5.91 Å². The van der Waals surface area contributed by atoms with E-state index >= 15 is 0 Å². The molecule has 0 aliphatic heterocycles. The molecular weight excluding hydrogens is 358 g/mol. The van der Waals surface area contributed by atoms with Crippen molar-refractivity contribution in [3.05, 3.63) is 24.3 Å². The van der Waals surface area contributed by atoms with Gasteiger partial charge in [-0.25, -0.2) is 0 Å². The van der Waals surface area contributed by atoms with Crippen molar-refractivity contribution in [3.63, 3.8) is 0 Å². The lowest BCUT2D eigenvalue weighted by Crippen LogP contribution is -2.31. The molecule has 1 aromatic heterocycles. The van der Waals surface area contributed by atoms with Crippen molar-refractivity contribution in [1.82, 2.24) is 20.1 Å². The third kappa shape index (κ3) is 5.04. The fourth-order valence-corrected chi connectivity index (χ4v) is 3.72. The average molecular weight is 386 g/mol. The molecular formula is C20H27N5OS. The summed E-state index contributed by atoms with van der Waals surface area (Å²) in [4.78, 5) is 14.3. The van der Waals surface area contributed by atoms with Gasteiger partial charge >= 0.3 is 0 Å². The van der Waals surface area contributed by atoms with Gasteiger partial charge in [-0.1, -0.05) is 17.7 Å². The van der Waals surface area contributed by atoms with Gasteiger partial charge in [0, 0.05) is 30.9 Å². The first-order valence-electron chi connectivity index (χ1n) is 9.22. The van der Waals surface area contributed by atoms with Crippen LogP contribution in [-0.4, -0.2) is 45.6 Å². The molecule has 0 saturated heterocycles. The number of rotatable bonds is 9. The summed E-state index contributed by atoms with van der Waals surface area (Å²) < 4.78 is 2.03. The molecule has 0 aliphatic rings. The van der Waals surface area contributed by atoms with Gasteiger partial charge < -0.3 is 14.8 Å². The fourth-order valence-electron chi connectivity index (χ4n) is 2.78. The third-order valence-corrected chi connectivity index (χ3v) is 5.38. The summed E-state index contributed by atoms with van der Waals surface area (Å²) in [7, 11) is 0. The van der Waals surface area contributed by atoms with Gasteiger partial charge in [-0.2, -0.15) is 0 Å². The highest BCUT2D eigenvalue weighted by Crippen LogP contribution is 2.28. The Labute approximate surface area is 165 Å². The van der Waals surface area contributed by atoms with Gasteiger partial charge in [-0.05, 0) is 52.0 Å². The number of nitrogens with one attached hydrogen (secondary N) is 1. The Morgan fingerprint density at radius 1 is 1.26 bits per heavy atom. The number of amides is 1. The van der Waals surface area contributed by atoms with Crippen molar-refractivity contribution in [1.29, 1.82) is 0 Å². The van der Waals surface area contributed by atoms with Gasteiger partial charge in [-0.3, -0.25) is 4.79 Å². The van der Waals surface area contributed by atoms with E-state index < -0.39 is 0 Å². The maximum atomic E-state index is 12.1. The monoisotopic (exact) mass is 385 g/mol. The lowest BCUT2D eigenvalue weighted by Gasteiger charge is -2.21. The summed E-state index contributed by atoms with van der Waals surface area (Å²) in [6.07, 6.45) is 5.19. The van der Waals surface area contributed by atoms with E-state index in [2.05, 4.69) is 64.4 Å². The first kappa shape index (κ1) is 20.8. The van der Waals surface area contributed by atoms with E-state index in [1.807, 2.05) is 18.4 Å². The van der Waals surface area contributed by atoms with Gasteiger partial charge in [0.1, 0.15) is 0 Å². The predicted molar refractivity (Wildman–Crippen MR) is 112 cm³/mol. The van der Waals surface area contributed by atoms with E-state index in [1.165, 1.54) is 17.4 Å². The second kappa shape index (κ2) is 10.0. The molecule has 0 spiro atoms. The van der Waals surface area contributed by atoms with Crippen LogP contribution in [0.3, 0.4) is 0 Å². The first-order chi connectivity index (χ1) is 13.0. The summed E-state index contributed by atoms with van der Waals surface area (Å²) in [6.45, 7) is 11.1. The molecule has 1 amide bonds. The van der Waals surface area contributed by atoms with Crippen molar-refractivity contribution in [2.75, 3.05) is 24.5 Å². The van der Waals surface area contributed by atoms with E-state index in [9.17, 15) is 4.79 Å². The van der Waals surface area contributed by atoms with E-state index in [0.717, 1.165) is 36.2 Å². The molecule has 0 saturated carbocycles. The van der Waals surface area contributed by atoms with Crippen LogP contribution in [0.4, 0.5) is 5.69 Å². The zero-order valence-electron chi connectivity index (χ0n) is 16.4. The second-order valence-electron chi connectivity index (χ2n) is 5.95. The minimum absolute atomic E-state index is 0.103. The molecule has 1 heterocycles. The zero-order chi connectivity index (χ0) is 19.8. The zero-order valence-corrected chi connectivity index (χ0v) is 17.2. The van der Waals surface area contributed by atoms with Crippen molar-refractivity contribution in [2.24, 2.45) is 0 Å². The number of nitrogens with zero attached hydrogens (tertiary/aromatic N) is 4. The lowest BCUT2D eigenvalue weighted by atomic mass is 10.2. The number of carbonyl (C=O) groups excluding carboxylic acids is 1. The number of terminal acetylenes is 1. The number of hydrogen-bond donors (Lipinski definition) is 1. The number of benzene rings is 1. The Hall–Kier alpha value is -2.46. The summed E-state index contributed by atoms with van der Waals surface area (Å²) in [5.74, 6) is 3.11. The number of thioether (sulfide) groups is 1. The summed E-state index contributed by atoms with van der Waals surface area (Å²) in [5, 5.41) is 11.8. The molecule has 1 N–H and O–H groups in total. The molecule has 2 rings (SSSR count). The van der Waals surface area contributed by atoms with Gasteiger partial charge in [0.25, 0.3) is 0 Å². The Morgan fingerprint density at radius 3 is 2.48 bits per heavy atom. The minimum atomic E-state index is -0.300. The summed E-state index contributed by atoms with van der Waals surface area (Å²) in [6, 6.07) is 8.36. The highest BCUT2D eigenvalue weighted by Gasteiger charge is 2.20. The van der Waals surface area contributed by atoms with Crippen molar-refractivity contribution in [3.8, 4) is 23.7 Å². The van der Waals surface area contributed by atoms with Gasteiger partial charge in [0.05, 0.1) is 11.8 Å². The van der Waals surface area contributed by atoms with E-state index in [0.29, 0.717) is 0 Å². The highest BCUT2D eigenvalue weighted by atomic mass is 32.2. The highest BCUT2D eigenvalue weighted by molar-refractivity contribution is 8.00. The molecule has 27 heavy (non-hydrogen) atoms. The van der Waals surface area contributed by atoms with Crippen LogP contribution in [0.2, 0.25) is 0 Å². The largest absolute Gasteiger partial charge is 0.372 e. The average Bonchev–Trinajstić information content (AvgIpc) is 3.10. The Balaban J connectivity index is 2.20. The van der Waals surface area contributed by atoms with E-state index in [-0.39, 0.29) is 17.7 Å². The minimum Gasteiger partial charge on any atom is -0.372 e. The lowest BCUT2D eigenvalue weighted by molar-refractivity contribution is -0.120. The topological polar surface area (TPSA) is 63.1 Å². The van der Waals surface area contributed by atoms with E-state index in [1.54, 1.807) is 0 Å². The van der Waals surface area contributed by atoms with Crippen LogP contribution in [0.1, 0.15) is 27.7 Å². The Kier molecular flexibility index (Phi) is 7.74. The van der Waals surface area contributed by atoms with Crippen LogP contribution in [0.15, 0.2) is 29.4 Å². The molecule has 6 nitrogen and oxygen atoms in total. The fraction of sp³-hybridized carbons (Fsp3) is 0.450. The van der Waals surface area contributed by atoms with Crippen LogP contribution in [-0.2, 0) is 11.3 Å². The van der Waals surface area contributed by atoms with Gasteiger partial charge in [-0.15, -0.1) is 16.6 Å². The van der Waals surface area contributed by atoms with Crippen LogP contribution in [0, 0.1) is 12.3 Å². The predicted octanol–water partition coefficient (Wildman–Crippen LogP) is 3.04. The number of aromatic nitrogens is 3. The Morgan fingerprint density at radius 2 is 1.93 bits per heavy atom.